The number of benzene rings is 2. The summed E-state index contributed by atoms with van der Waals surface area (Å²) in [5.41, 5.74) is 2.91. The number of rotatable bonds is 6. The molecule has 7 nitrogen and oxygen atoms in total. The number of hydrogen-bond donors (Lipinski definition) is 2. The van der Waals surface area contributed by atoms with E-state index < -0.39 is 29.0 Å². The van der Waals surface area contributed by atoms with Crippen LogP contribution in [0.4, 0.5) is 33.3 Å². The summed E-state index contributed by atoms with van der Waals surface area (Å²) in [6.07, 6.45) is -1.92. The highest BCUT2D eigenvalue weighted by molar-refractivity contribution is 5.61. The van der Waals surface area contributed by atoms with E-state index in [1.165, 1.54) is 35.5 Å². The molecule has 12 heteroatoms. The van der Waals surface area contributed by atoms with Gasteiger partial charge in [0.2, 0.25) is 0 Å². The van der Waals surface area contributed by atoms with Gasteiger partial charge in [0.05, 0.1) is 12.1 Å². The number of aliphatic hydroxyl groups is 1. The van der Waals surface area contributed by atoms with Crippen LogP contribution in [0.3, 0.4) is 0 Å². The summed E-state index contributed by atoms with van der Waals surface area (Å²) in [7, 11) is 0. The van der Waals surface area contributed by atoms with E-state index in [9.17, 15) is 27.1 Å². The van der Waals surface area contributed by atoms with Crippen LogP contribution >= 0.6 is 0 Å². The van der Waals surface area contributed by atoms with Gasteiger partial charge >= 0.3 is 6.18 Å². The third-order valence-corrected chi connectivity index (χ3v) is 5.85. The third-order valence-electron chi connectivity index (χ3n) is 5.85. The Hall–Kier alpha value is -3.25. The lowest BCUT2D eigenvalue weighted by Gasteiger charge is -2.41. The SMILES string of the molecule is Nc1ccc(N2CCN(CC(O)(Cn3cncn3)c3ccc(F)cc3F)CC2)c(C(F)(F)F)c1. The summed E-state index contributed by atoms with van der Waals surface area (Å²) in [4.78, 5) is 7.25. The Balaban J connectivity index is 1.53. The highest BCUT2D eigenvalue weighted by atomic mass is 19.4. The zero-order valence-electron chi connectivity index (χ0n) is 18.0. The van der Waals surface area contributed by atoms with Gasteiger partial charge in [-0.1, -0.05) is 6.07 Å². The normalized spacial score (nSPS) is 17.1. The number of hydrogen-bond acceptors (Lipinski definition) is 6. The van der Waals surface area contributed by atoms with Gasteiger partial charge in [0, 0.05) is 55.7 Å². The molecule has 3 aromatic rings. The summed E-state index contributed by atoms with van der Waals surface area (Å²) >= 11 is 0. The summed E-state index contributed by atoms with van der Waals surface area (Å²) < 4.78 is 70.0. The minimum Gasteiger partial charge on any atom is -0.399 e. The third kappa shape index (κ3) is 5.12. The van der Waals surface area contributed by atoms with E-state index in [0.717, 1.165) is 12.1 Å². The second-order valence-electron chi connectivity index (χ2n) is 8.29. The smallest absolute Gasteiger partial charge is 0.399 e. The van der Waals surface area contributed by atoms with Crippen molar-refractivity contribution in [1.29, 1.82) is 0 Å². The monoisotopic (exact) mass is 482 g/mol. The Kier molecular flexibility index (Phi) is 6.45. The first-order valence-electron chi connectivity index (χ1n) is 10.5. The van der Waals surface area contributed by atoms with Crippen molar-refractivity contribution < 1.29 is 27.1 Å². The van der Waals surface area contributed by atoms with Crippen LogP contribution in [0.15, 0.2) is 49.1 Å². The Morgan fingerprint density at radius 3 is 2.29 bits per heavy atom. The number of nitrogens with two attached hydrogens (primary N) is 1. The van der Waals surface area contributed by atoms with Crippen LogP contribution in [0.1, 0.15) is 11.1 Å². The number of β-amino-alcohol motifs (C(OH)–C–C–N with tert-alkyl or cyclic N) is 1. The quantitative estimate of drug-likeness (QED) is 0.415. The molecule has 0 radical (unpaired) electrons. The maximum absolute atomic E-state index is 14.6. The fourth-order valence-electron chi connectivity index (χ4n) is 4.24. The highest BCUT2D eigenvalue weighted by Gasteiger charge is 2.38. The van der Waals surface area contributed by atoms with Crippen molar-refractivity contribution in [2.75, 3.05) is 43.4 Å². The predicted molar refractivity (Wildman–Crippen MR) is 115 cm³/mol. The van der Waals surface area contributed by atoms with Crippen molar-refractivity contribution >= 4 is 11.4 Å². The van der Waals surface area contributed by atoms with Crippen LogP contribution in [-0.2, 0) is 18.3 Å². The molecule has 1 aliphatic rings. The first-order valence-corrected chi connectivity index (χ1v) is 10.5. The van der Waals surface area contributed by atoms with Crippen molar-refractivity contribution in [2.45, 2.75) is 18.3 Å². The Morgan fingerprint density at radius 1 is 0.941 bits per heavy atom. The van der Waals surface area contributed by atoms with Gasteiger partial charge in [-0.2, -0.15) is 18.3 Å². The van der Waals surface area contributed by atoms with Gasteiger partial charge in [-0.25, -0.2) is 18.4 Å². The molecule has 0 spiro atoms. The van der Waals surface area contributed by atoms with E-state index in [-0.39, 0.29) is 43.1 Å². The predicted octanol–water partition coefficient (Wildman–Crippen LogP) is 2.87. The average molecular weight is 482 g/mol. The number of anilines is 2. The van der Waals surface area contributed by atoms with Crippen LogP contribution in [0.2, 0.25) is 0 Å². The molecule has 1 aromatic heterocycles. The maximum atomic E-state index is 14.6. The topological polar surface area (TPSA) is 83.4 Å². The van der Waals surface area contributed by atoms with Crippen LogP contribution in [0.5, 0.6) is 0 Å². The fraction of sp³-hybridized carbons (Fsp3) is 0.364. The molecule has 1 aliphatic heterocycles. The molecule has 1 fully saturated rings. The number of nitrogen functional groups attached to an aromatic ring is 1. The van der Waals surface area contributed by atoms with Crippen LogP contribution in [-0.4, -0.2) is 57.5 Å². The van der Waals surface area contributed by atoms with Gasteiger partial charge in [-0.05, 0) is 24.3 Å². The molecule has 3 N–H and O–H groups in total. The average Bonchev–Trinajstić information content (AvgIpc) is 3.26. The van der Waals surface area contributed by atoms with Crippen molar-refractivity contribution in [2.24, 2.45) is 0 Å². The lowest BCUT2D eigenvalue weighted by atomic mass is 9.92. The van der Waals surface area contributed by atoms with E-state index in [0.29, 0.717) is 19.2 Å². The van der Waals surface area contributed by atoms with Crippen molar-refractivity contribution in [3.63, 3.8) is 0 Å². The number of aromatic nitrogens is 3. The maximum Gasteiger partial charge on any atom is 0.418 e. The van der Waals surface area contributed by atoms with Gasteiger partial charge in [0.1, 0.15) is 29.9 Å². The number of halogens is 5. The molecule has 0 aliphatic carbocycles. The number of alkyl halides is 3. The molecule has 0 saturated carbocycles. The lowest BCUT2D eigenvalue weighted by Crippen LogP contribution is -2.52. The first kappa shape index (κ1) is 23.9. The van der Waals surface area contributed by atoms with Crippen molar-refractivity contribution in [3.05, 3.63) is 71.8 Å². The second-order valence-corrected chi connectivity index (χ2v) is 8.29. The largest absolute Gasteiger partial charge is 0.418 e. The summed E-state index contributed by atoms with van der Waals surface area (Å²) in [5, 5.41) is 15.4. The molecular formula is C22H23F5N6O. The summed E-state index contributed by atoms with van der Waals surface area (Å²) in [6.45, 7) is 0.925. The molecule has 2 heterocycles. The van der Waals surface area contributed by atoms with Crippen molar-refractivity contribution in [3.8, 4) is 0 Å². The molecular weight excluding hydrogens is 459 g/mol. The molecule has 2 aromatic carbocycles. The molecule has 0 amide bonds. The van der Waals surface area contributed by atoms with Crippen molar-refractivity contribution in [1.82, 2.24) is 19.7 Å². The van der Waals surface area contributed by atoms with Crippen LogP contribution < -0.4 is 10.6 Å². The molecule has 1 saturated heterocycles. The molecule has 4 rings (SSSR count). The minimum atomic E-state index is -4.56. The lowest BCUT2D eigenvalue weighted by molar-refractivity contribution is -0.137. The van der Waals surface area contributed by atoms with E-state index in [1.54, 1.807) is 4.90 Å². The van der Waals surface area contributed by atoms with Gasteiger partial charge in [-0.15, -0.1) is 0 Å². The van der Waals surface area contributed by atoms with Crippen LogP contribution in [0, 0.1) is 11.6 Å². The van der Waals surface area contributed by atoms with Crippen LogP contribution in [0.25, 0.3) is 0 Å². The zero-order valence-corrected chi connectivity index (χ0v) is 18.0. The summed E-state index contributed by atoms with van der Waals surface area (Å²) in [6, 6.07) is 6.62. The number of nitrogens with zero attached hydrogens (tertiary/aromatic N) is 5. The van der Waals surface area contributed by atoms with E-state index in [4.69, 9.17) is 5.73 Å². The minimum absolute atomic E-state index is 0.0224. The highest BCUT2D eigenvalue weighted by Crippen LogP contribution is 2.38. The standard InChI is InChI=1S/C22H23F5N6O/c23-15-1-3-17(19(24)9-15)21(34,12-33-14-29-13-30-33)11-31-5-7-32(8-6-31)20-4-2-16(28)10-18(20)22(25,26)27/h1-4,9-10,13-14,34H,5-8,11-12,28H2. The van der Waals surface area contributed by atoms with Gasteiger partial charge < -0.3 is 15.7 Å². The molecule has 34 heavy (non-hydrogen) atoms. The summed E-state index contributed by atoms with van der Waals surface area (Å²) in [5.74, 6) is -1.68. The van der Waals surface area contributed by atoms with E-state index >= 15 is 0 Å². The van der Waals surface area contributed by atoms with E-state index in [1.807, 2.05) is 4.90 Å². The fourth-order valence-corrected chi connectivity index (χ4v) is 4.24. The Labute approximate surface area is 192 Å². The van der Waals surface area contributed by atoms with E-state index in [2.05, 4.69) is 10.1 Å². The molecule has 1 atom stereocenters. The molecule has 182 valence electrons. The van der Waals surface area contributed by atoms with Gasteiger partial charge in [-0.3, -0.25) is 4.90 Å². The second kappa shape index (κ2) is 9.18. The molecule has 0 bridgehead atoms. The first-order chi connectivity index (χ1) is 16.0. The Bertz CT molecular complexity index is 1130. The van der Waals surface area contributed by atoms with Gasteiger partial charge in [0.25, 0.3) is 0 Å². The number of piperazine rings is 1. The Morgan fingerprint density at radius 2 is 1.68 bits per heavy atom. The molecule has 1 unspecified atom stereocenters. The zero-order chi connectivity index (χ0) is 24.5. The van der Waals surface area contributed by atoms with Gasteiger partial charge in [0.15, 0.2) is 0 Å².